The third-order valence-electron chi connectivity index (χ3n) is 2.35. The van der Waals surface area contributed by atoms with E-state index in [9.17, 15) is 4.21 Å². The van der Waals surface area contributed by atoms with Gasteiger partial charge in [0.15, 0.2) is 0 Å². The van der Waals surface area contributed by atoms with Crippen molar-refractivity contribution >= 4 is 10.8 Å². The zero-order valence-electron chi connectivity index (χ0n) is 7.72. The van der Waals surface area contributed by atoms with Gasteiger partial charge in [0.25, 0.3) is 0 Å². The monoisotopic (exact) mass is 174 g/mol. The molecule has 1 fully saturated rings. The van der Waals surface area contributed by atoms with Crippen LogP contribution in [0.25, 0.3) is 0 Å². The Morgan fingerprint density at radius 2 is 1.91 bits per heavy atom. The molecule has 0 spiro atoms. The van der Waals surface area contributed by atoms with Crippen molar-refractivity contribution in [1.29, 1.82) is 0 Å². The average molecular weight is 174 g/mol. The van der Waals surface area contributed by atoms with E-state index in [2.05, 4.69) is 20.8 Å². The van der Waals surface area contributed by atoms with Gasteiger partial charge in [-0.3, -0.25) is 4.21 Å². The SMILES string of the molecule is CC(C)(C)[C@@H]1CCCCS1=O. The second kappa shape index (κ2) is 3.26. The minimum absolute atomic E-state index is 0.241. The van der Waals surface area contributed by atoms with Gasteiger partial charge in [0, 0.05) is 21.8 Å². The van der Waals surface area contributed by atoms with E-state index in [1.54, 1.807) is 0 Å². The van der Waals surface area contributed by atoms with Crippen molar-refractivity contribution in [2.45, 2.75) is 45.3 Å². The fourth-order valence-corrected chi connectivity index (χ4v) is 3.67. The molecule has 1 aliphatic rings. The van der Waals surface area contributed by atoms with E-state index in [-0.39, 0.29) is 5.41 Å². The lowest BCUT2D eigenvalue weighted by molar-refractivity contribution is 0.359. The summed E-state index contributed by atoms with van der Waals surface area (Å²) in [5, 5.41) is 0.441. The van der Waals surface area contributed by atoms with E-state index in [4.69, 9.17) is 0 Å². The smallest absolute Gasteiger partial charge is 0.0396 e. The Morgan fingerprint density at radius 3 is 2.27 bits per heavy atom. The van der Waals surface area contributed by atoms with Gasteiger partial charge in [-0.25, -0.2) is 0 Å². The molecule has 66 valence electrons. The first-order chi connectivity index (χ1) is 5.02. The fraction of sp³-hybridized carbons (Fsp3) is 1.00. The van der Waals surface area contributed by atoms with Crippen molar-refractivity contribution in [3.8, 4) is 0 Å². The van der Waals surface area contributed by atoms with Crippen LogP contribution < -0.4 is 0 Å². The van der Waals surface area contributed by atoms with Crippen LogP contribution in [0.3, 0.4) is 0 Å². The van der Waals surface area contributed by atoms with Crippen molar-refractivity contribution in [1.82, 2.24) is 0 Å². The van der Waals surface area contributed by atoms with Crippen LogP contribution in [0.2, 0.25) is 0 Å². The molecular formula is C9H18OS. The van der Waals surface area contributed by atoms with Gasteiger partial charge >= 0.3 is 0 Å². The summed E-state index contributed by atoms with van der Waals surface area (Å²) in [6, 6.07) is 0. The quantitative estimate of drug-likeness (QED) is 0.551. The normalized spacial score (nSPS) is 33.7. The molecule has 0 bridgehead atoms. The first kappa shape index (κ1) is 9.24. The highest BCUT2D eigenvalue weighted by Crippen LogP contribution is 2.31. The standard InChI is InChI=1S/C9H18OS/c1-9(2,3)8-6-4-5-7-11(8)10/h8H,4-7H2,1-3H3/t8-,11?/m0/s1. The Kier molecular flexibility index (Phi) is 2.74. The zero-order valence-corrected chi connectivity index (χ0v) is 8.54. The second-order valence-corrected chi connectivity index (χ2v) is 6.17. The molecule has 0 aromatic heterocycles. The van der Waals surface area contributed by atoms with Crippen molar-refractivity contribution in [2.24, 2.45) is 5.41 Å². The summed E-state index contributed by atoms with van der Waals surface area (Å²) >= 11 is 0. The Balaban J connectivity index is 2.62. The Morgan fingerprint density at radius 1 is 1.27 bits per heavy atom. The van der Waals surface area contributed by atoms with Crippen LogP contribution >= 0.6 is 0 Å². The summed E-state index contributed by atoms with van der Waals surface area (Å²) in [6.07, 6.45) is 3.60. The van der Waals surface area contributed by atoms with Gasteiger partial charge < -0.3 is 0 Å². The third-order valence-corrected chi connectivity index (χ3v) is 4.61. The van der Waals surface area contributed by atoms with Crippen LogP contribution in [-0.4, -0.2) is 15.2 Å². The highest BCUT2D eigenvalue weighted by atomic mass is 32.2. The van der Waals surface area contributed by atoms with Gasteiger partial charge in [0.2, 0.25) is 0 Å². The molecule has 1 rings (SSSR count). The summed E-state index contributed by atoms with van der Waals surface area (Å²) in [6.45, 7) is 6.59. The summed E-state index contributed by atoms with van der Waals surface area (Å²) in [5.74, 6) is 0.932. The van der Waals surface area contributed by atoms with Crippen molar-refractivity contribution in [3.05, 3.63) is 0 Å². The molecular weight excluding hydrogens is 156 g/mol. The maximum atomic E-state index is 11.6. The molecule has 1 nitrogen and oxygen atoms in total. The van der Waals surface area contributed by atoms with Crippen molar-refractivity contribution in [3.63, 3.8) is 0 Å². The van der Waals surface area contributed by atoms with Crippen LogP contribution in [0.15, 0.2) is 0 Å². The van der Waals surface area contributed by atoms with E-state index < -0.39 is 10.8 Å². The van der Waals surface area contributed by atoms with Crippen LogP contribution in [0, 0.1) is 5.41 Å². The lowest BCUT2D eigenvalue weighted by Gasteiger charge is -2.32. The first-order valence-electron chi connectivity index (χ1n) is 4.39. The lowest BCUT2D eigenvalue weighted by atomic mass is 9.88. The van der Waals surface area contributed by atoms with E-state index in [0.717, 1.165) is 12.2 Å². The second-order valence-electron chi connectivity index (χ2n) is 4.44. The predicted octanol–water partition coefficient (Wildman–Crippen LogP) is 2.33. The molecule has 1 saturated heterocycles. The van der Waals surface area contributed by atoms with Gasteiger partial charge in [-0.15, -0.1) is 0 Å². The van der Waals surface area contributed by atoms with Crippen LogP contribution in [0.1, 0.15) is 40.0 Å². The Labute approximate surface area is 72.0 Å². The predicted molar refractivity (Wildman–Crippen MR) is 50.1 cm³/mol. The number of hydrogen-bond acceptors (Lipinski definition) is 1. The molecule has 11 heavy (non-hydrogen) atoms. The van der Waals surface area contributed by atoms with Crippen LogP contribution in [-0.2, 0) is 10.8 Å². The molecule has 0 amide bonds. The molecule has 0 radical (unpaired) electrons. The maximum absolute atomic E-state index is 11.6. The average Bonchev–Trinajstić information content (AvgIpc) is 1.86. The van der Waals surface area contributed by atoms with Crippen LogP contribution in [0.5, 0.6) is 0 Å². The Hall–Kier alpha value is 0.150. The minimum atomic E-state index is -0.547. The highest BCUT2D eigenvalue weighted by Gasteiger charge is 2.31. The largest absolute Gasteiger partial charge is 0.259 e. The molecule has 1 aliphatic heterocycles. The van der Waals surface area contributed by atoms with E-state index in [1.807, 2.05) is 0 Å². The van der Waals surface area contributed by atoms with Gasteiger partial charge in [-0.05, 0) is 18.3 Å². The van der Waals surface area contributed by atoms with Gasteiger partial charge in [0.05, 0.1) is 0 Å². The van der Waals surface area contributed by atoms with Gasteiger partial charge in [-0.2, -0.15) is 0 Å². The summed E-state index contributed by atoms with van der Waals surface area (Å²) in [7, 11) is -0.547. The van der Waals surface area contributed by atoms with E-state index >= 15 is 0 Å². The number of rotatable bonds is 0. The molecule has 2 atom stereocenters. The lowest BCUT2D eigenvalue weighted by Crippen LogP contribution is -2.34. The van der Waals surface area contributed by atoms with Gasteiger partial charge in [-0.1, -0.05) is 27.2 Å². The summed E-state index contributed by atoms with van der Waals surface area (Å²) in [4.78, 5) is 0. The molecule has 0 N–H and O–H groups in total. The zero-order chi connectivity index (χ0) is 8.48. The molecule has 0 aliphatic carbocycles. The van der Waals surface area contributed by atoms with Gasteiger partial charge in [0.1, 0.15) is 0 Å². The van der Waals surface area contributed by atoms with E-state index in [0.29, 0.717) is 5.25 Å². The molecule has 0 saturated carbocycles. The summed E-state index contributed by atoms with van der Waals surface area (Å²) in [5.41, 5.74) is 0.241. The van der Waals surface area contributed by atoms with Crippen molar-refractivity contribution < 1.29 is 4.21 Å². The molecule has 2 heteroatoms. The number of hydrogen-bond donors (Lipinski definition) is 0. The highest BCUT2D eigenvalue weighted by molar-refractivity contribution is 7.85. The topological polar surface area (TPSA) is 17.1 Å². The first-order valence-corrected chi connectivity index (χ1v) is 5.77. The molecule has 1 unspecified atom stereocenters. The fourth-order valence-electron chi connectivity index (χ4n) is 1.68. The van der Waals surface area contributed by atoms with Crippen molar-refractivity contribution in [2.75, 3.05) is 5.75 Å². The Bertz CT molecular complexity index is 157. The van der Waals surface area contributed by atoms with E-state index in [1.165, 1.54) is 12.8 Å². The molecule has 0 aromatic carbocycles. The molecule has 0 aromatic rings. The third kappa shape index (κ3) is 2.29. The summed E-state index contributed by atoms with van der Waals surface area (Å²) < 4.78 is 11.6. The molecule has 1 heterocycles. The maximum Gasteiger partial charge on any atom is 0.0396 e. The van der Waals surface area contributed by atoms with Crippen LogP contribution in [0.4, 0.5) is 0 Å². The minimum Gasteiger partial charge on any atom is -0.259 e.